The van der Waals surface area contributed by atoms with Gasteiger partial charge in [-0.05, 0) is 30.5 Å². The number of nitrogens with one attached hydrogen (secondary N) is 1. The summed E-state index contributed by atoms with van der Waals surface area (Å²) in [6.07, 6.45) is -0.365. The molecule has 0 fully saturated rings. The quantitative estimate of drug-likeness (QED) is 0.807. The van der Waals surface area contributed by atoms with E-state index in [2.05, 4.69) is 5.32 Å². The van der Waals surface area contributed by atoms with Crippen molar-refractivity contribution in [3.63, 3.8) is 0 Å². The van der Waals surface area contributed by atoms with Gasteiger partial charge >= 0.3 is 0 Å². The first kappa shape index (κ1) is 13.1. The Morgan fingerprint density at radius 1 is 1.31 bits per heavy atom. The smallest absolute Gasteiger partial charge is 0.123 e. The average Bonchev–Trinajstić information content (AvgIpc) is 2.25. The lowest BCUT2D eigenvalue weighted by molar-refractivity contribution is 0.120. The highest BCUT2D eigenvalue weighted by atomic mass is 19.1. The van der Waals surface area contributed by atoms with E-state index in [1.54, 1.807) is 6.07 Å². The van der Waals surface area contributed by atoms with Crippen molar-refractivity contribution < 1.29 is 9.50 Å². The molecule has 0 aromatic heterocycles. The maximum absolute atomic E-state index is 13.0. The number of hydrogen-bond acceptors (Lipinski definition) is 2. The fourth-order valence-electron chi connectivity index (χ4n) is 1.43. The van der Waals surface area contributed by atoms with Crippen LogP contribution in [0.1, 0.15) is 32.4 Å². The van der Waals surface area contributed by atoms with Crippen molar-refractivity contribution in [2.45, 2.75) is 32.9 Å². The van der Waals surface area contributed by atoms with Gasteiger partial charge in [0.25, 0.3) is 0 Å². The van der Waals surface area contributed by atoms with E-state index in [1.165, 1.54) is 12.1 Å². The van der Waals surface area contributed by atoms with E-state index in [0.717, 1.165) is 5.56 Å². The molecule has 2 N–H and O–H groups in total. The third kappa shape index (κ3) is 3.91. The Labute approximate surface area is 96.5 Å². The lowest BCUT2D eigenvalue weighted by atomic mass is 10.1. The SMILES string of the molecule is CC(NCC(O)C(C)C)c1cccc(F)c1. The molecule has 0 saturated carbocycles. The number of halogens is 1. The molecule has 0 radical (unpaired) electrons. The van der Waals surface area contributed by atoms with E-state index in [4.69, 9.17) is 0 Å². The summed E-state index contributed by atoms with van der Waals surface area (Å²) >= 11 is 0. The third-order valence-corrected chi connectivity index (χ3v) is 2.75. The minimum absolute atomic E-state index is 0.0455. The first-order chi connectivity index (χ1) is 7.50. The fourth-order valence-corrected chi connectivity index (χ4v) is 1.43. The van der Waals surface area contributed by atoms with Crippen molar-refractivity contribution in [1.29, 1.82) is 0 Å². The van der Waals surface area contributed by atoms with Crippen molar-refractivity contribution >= 4 is 0 Å². The van der Waals surface area contributed by atoms with Gasteiger partial charge in [-0.1, -0.05) is 26.0 Å². The lowest BCUT2D eigenvalue weighted by Gasteiger charge is -2.19. The van der Waals surface area contributed by atoms with Crippen molar-refractivity contribution in [2.75, 3.05) is 6.54 Å². The standard InChI is InChI=1S/C13H20FNO/c1-9(2)13(16)8-15-10(3)11-5-4-6-12(14)7-11/h4-7,9-10,13,15-16H,8H2,1-3H3. The molecule has 0 aliphatic carbocycles. The second-order valence-electron chi connectivity index (χ2n) is 4.50. The summed E-state index contributed by atoms with van der Waals surface area (Å²) in [5.74, 6) is 0.00256. The normalized spacial score (nSPS) is 15.1. The average molecular weight is 225 g/mol. The molecule has 0 aliphatic heterocycles. The number of benzene rings is 1. The highest BCUT2D eigenvalue weighted by molar-refractivity contribution is 5.19. The molecule has 2 nitrogen and oxygen atoms in total. The highest BCUT2D eigenvalue weighted by Crippen LogP contribution is 2.13. The van der Waals surface area contributed by atoms with Crippen LogP contribution in [0.15, 0.2) is 24.3 Å². The molecule has 0 aliphatic rings. The van der Waals surface area contributed by atoms with Crippen LogP contribution in [0.2, 0.25) is 0 Å². The molecular weight excluding hydrogens is 205 g/mol. The van der Waals surface area contributed by atoms with Gasteiger partial charge in [0.15, 0.2) is 0 Å². The maximum atomic E-state index is 13.0. The topological polar surface area (TPSA) is 32.3 Å². The van der Waals surface area contributed by atoms with Crippen molar-refractivity contribution in [3.8, 4) is 0 Å². The summed E-state index contributed by atoms with van der Waals surface area (Å²) in [6.45, 7) is 6.43. The number of hydrogen-bond donors (Lipinski definition) is 2. The van der Waals surface area contributed by atoms with E-state index in [9.17, 15) is 9.50 Å². The minimum Gasteiger partial charge on any atom is -0.392 e. The van der Waals surface area contributed by atoms with Gasteiger partial charge < -0.3 is 10.4 Å². The van der Waals surface area contributed by atoms with E-state index in [0.29, 0.717) is 6.54 Å². The summed E-state index contributed by atoms with van der Waals surface area (Å²) in [5, 5.41) is 12.8. The largest absolute Gasteiger partial charge is 0.392 e. The Balaban J connectivity index is 2.49. The molecule has 1 aromatic rings. The van der Waals surface area contributed by atoms with Gasteiger partial charge in [-0.15, -0.1) is 0 Å². The molecular formula is C13H20FNO. The van der Waals surface area contributed by atoms with Crippen LogP contribution >= 0.6 is 0 Å². The van der Waals surface area contributed by atoms with Gasteiger partial charge in [-0.25, -0.2) is 4.39 Å². The first-order valence-electron chi connectivity index (χ1n) is 5.67. The zero-order valence-corrected chi connectivity index (χ0v) is 10.1. The van der Waals surface area contributed by atoms with Gasteiger partial charge in [0.2, 0.25) is 0 Å². The molecule has 0 heterocycles. The Kier molecular flexibility index (Phi) is 4.90. The summed E-state index contributed by atoms with van der Waals surface area (Å²) < 4.78 is 13.0. The van der Waals surface area contributed by atoms with Crippen LogP contribution in [0.3, 0.4) is 0 Å². The number of aliphatic hydroxyl groups is 1. The van der Waals surface area contributed by atoms with E-state index >= 15 is 0 Å². The van der Waals surface area contributed by atoms with Gasteiger partial charge in [-0.3, -0.25) is 0 Å². The molecule has 0 spiro atoms. The maximum Gasteiger partial charge on any atom is 0.123 e. The molecule has 0 saturated heterocycles. The second kappa shape index (κ2) is 5.97. The van der Waals surface area contributed by atoms with Crippen molar-refractivity contribution in [1.82, 2.24) is 5.32 Å². The van der Waals surface area contributed by atoms with Gasteiger partial charge in [-0.2, -0.15) is 0 Å². The van der Waals surface area contributed by atoms with Crippen LogP contribution in [0, 0.1) is 11.7 Å². The van der Waals surface area contributed by atoms with E-state index in [1.807, 2.05) is 26.8 Å². The van der Waals surface area contributed by atoms with Crippen LogP contribution in [0.4, 0.5) is 4.39 Å². The predicted octanol–water partition coefficient (Wildman–Crippen LogP) is 2.49. The molecule has 16 heavy (non-hydrogen) atoms. The molecule has 90 valence electrons. The fraction of sp³-hybridized carbons (Fsp3) is 0.538. The Hall–Kier alpha value is -0.930. The molecule has 2 unspecified atom stereocenters. The molecule has 1 aromatic carbocycles. The second-order valence-corrected chi connectivity index (χ2v) is 4.50. The van der Waals surface area contributed by atoms with Crippen molar-refractivity contribution in [2.24, 2.45) is 5.92 Å². The third-order valence-electron chi connectivity index (χ3n) is 2.75. The van der Waals surface area contributed by atoms with Crippen LogP contribution in [-0.4, -0.2) is 17.8 Å². The molecule has 2 atom stereocenters. The predicted molar refractivity (Wildman–Crippen MR) is 63.7 cm³/mol. The summed E-state index contributed by atoms with van der Waals surface area (Å²) in [4.78, 5) is 0. The highest BCUT2D eigenvalue weighted by Gasteiger charge is 2.11. The van der Waals surface area contributed by atoms with Crippen molar-refractivity contribution in [3.05, 3.63) is 35.6 Å². The van der Waals surface area contributed by atoms with Gasteiger partial charge in [0, 0.05) is 12.6 Å². The molecule has 0 bridgehead atoms. The number of aliphatic hydroxyl groups excluding tert-OH is 1. The van der Waals surface area contributed by atoms with E-state index in [-0.39, 0.29) is 23.9 Å². The summed E-state index contributed by atoms with van der Waals surface area (Å²) in [6, 6.07) is 6.56. The Bertz CT molecular complexity index is 327. The zero-order chi connectivity index (χ0) is 12.1. The molecule has 0 amide bonds. The van der Waals surface area contributed by atoms with Gasteiger partial charge in [0.1, 0.15) is 5.82 Å². The van der Waals surface area contributed by atoms with E-state index < -0.39 is 0 Å². The monoisotopic (exact) mass is 225 g/mol. The Morgan fingerprint density at radius 3 is 2.56 bits per heavy atom. The Morgan fingerprint density at radius 2 is 2.00 bits per heavy atom. The van der Waals surface area contributed by atoms with Gasteiger partial charge in [0.05, 0.1) is 6.10 Å². The zero-order valence-electron chi connectivity index (χ0n) is 10.1. The minimum atomic E-state index is -0.365. The van der Waals surface area contributed by atoms with Crippen LogP contribution in [0.25, 0.3) is 0 Å². The number of rotatable bonds is 5. The van der Waals surface area contributed by atoms with Crippen LogP contribution < -0.4 is 5.32 Å². The molecule has 1 rings (SSSR count). The first-order valence-corrected chi connectivity index (χ1v) is 5.67. The molecule has 3 heteroatoms. The van der Waals surface area contributed by atoms with Crippen LogP contribution in [0.5, 0.6) is 0 Å². The van der Waals surface area contributed by atoms with Crippen LogP contribution in [-0.2, 0) is 0 Å². The lowest BCUT2D eigenvalue weighted by Crippen LogP contribution is -2.32. The summed E-state index contributed by atoms with van der Waals surface area (Å²) in [7, 11) is 0. The summed E-state index contributed by atoms with van der Waals surface area (Å²) in [5.41, 5.74) is 0.899.